The zero-order valence-electron chi connectivity index (χ0n) is 15.4. The molecule has 0 aromatic rings. The summed E-state index contributed by atoms with van der Waals surface area (Å²) in [6.45, 7) is 2.91. The summed E-state index contributed by atoms with van der Waals surface area (Å²) in [6.07, 6.45) is 5.27. The Balaban J connectivity index is 1.45. The van der Waals surface area contributed by atoms with Gasteiger partial charge in [-0.15, -0.1) is 11.8 Å². The SMILES string of the molecule is CCCC(=O)N1CSCC1C(=O)NC1CC(N(CC(=O)O)CC2CC2)C1. The number of rotatable bonds is 9. The van der Waals surface area contributed by atoms with Crippen LogP contribution in [0.1, 0.15) is 45.4 Å². The molecule has 1 unspecified atom stereocenters. The Morgan fingerprint density at radius 2 is 2.00 bits per heavy atom. The van der Waals surface area contributed by atoms with Crippen LogP contribution in [0.5, 0.6) is 0 Å². The topological polar surface area (TPSA) is 90.0 Å². The van der Waals surface area contributed by atoms with E-state index < -0.39 is 5.97 Å². The summed E-state index contributed by atoms with van der Waals surface area (Å²) in [7, 11) is 0. The normalized spacial score (nSPS) is 28.1. The van der Waals surface area contributed by atoms with Crippen molar-refractivity contribution in [1.82, 2.24) is 15.1 Å². The maximum Gasteiger partial charge on any atom is 0.317 e. The van der Waals surface area contributed by atoms with Gasteiger partial charge < -0.3 is 15.3 Å². The molecule has 1 aliphatic heterocycles. The quantitative estimate of drug-likeness (QED) is 0.620. The van der Waals surface area contributed by atoms with E-state index in [-0.39, 0.29) is 36.5 Å². The van der Waals surface area contributed by atoms with E-state index in [1.54, 1.807) is 16.7 Å². The summed E-state index contributed by atoms with van der Waals surface area (Å²) in [6, 6.07) is -0.0239. The van der Waals surface area contributed by atoms with Gasteiger partial charge in [0.25, 0.3) is 0 Å². The molecular formula is C18H29N3O4S. The standard InChI is InChI=1S/C18H29N3O4S/c1-2-3-16(22)21-11-26-10-15(21)18(25)19-13-6-14(7-13)20(9-17(23)24)8-12-4-5-12/h12-15H,2-11H2,1H3,(H,19,25)(H,23,24). The lowest BCUT2D eigenvalue weighted by molar-refractivity contribution is -0.140. The van der Waals surface area contributed by atoms with E-state index in [0.717, 1.165) is 25.8 Å². The molecule has 2 amide bonds. The Labute approximate surface area is 158 Å². The minimum Gasteiger partial charge on any atom is -0.480 e. The van der Waals surface area contributed by atoms with E-state index in [4.69, 9.17) is 5.11 Å². The zero-order chi connectivity index (χ0) is 18.7. The van der Waals surface area contributed by atoms with Gasteiger partial charge in [-0.1, -0.05) is 6.92 Å². The lowest BCUT2D eigenvalue weighted by atomic mass is 9.85. The third kappa shape index (κ3) is 4.91. The Morgan fingerprint density at radius 1 is 1.27 bits per heavy atom. The van der Waals surface area contributed by atoms with E-state index in [9.17, 15) is 14.4 Å². The van der Waals surface area contributed by atoms with E-state index in [1.165, 1.54) is 12.8 Å². The third-order valence-electron chi connectivity index (χ3n) is 5.47. The number of nitrogens with one attached hydrogen (secondary N) is 1. The van der Waals surface area contributed by atoms with Crippen molar-refractivity contribution in [2.75, 3.05) is 24.7 Å². The van der Waals surface area contributed by atoms with Gasteiger partial charge in [0.15, 0.2) is 0 Å². The molecule has 1 atom stereocenters. The van der Waals surface area contributed by atoms with Crippen LogP contribution in [-0.4, -0.2) is 75.5 Å². The number of hydrogen-bond acceptors (Lipinski definition) is 5. The summed E-state index contributed by atoms with van der Waals surface area (Å²) in [5, 5.41) is 12.2. The van der Waals surface area contributed by atoms with Crippen LogP contribution < -0.4 is 5.32 Å². The summed E-state index contributed by atoms with van der Waals surface area (Å²) in [5.41, 5.74) is 0. The second-order valence-corrected chi connectivity index (χ2v) is 8.73. The van der Waals surface area contributed by atoms with E-state index >= 15 is 0 Å². The van der Waals surface area contributed by atoms with Gasteiger partial charge in [-0.3, -0.25) is 19.3 Å². The van der Waals surface area contributed by atoms with E-state index in [1.807, 2.05) is 6.92 Å². The van der Waals surface area contributed by atoms with Crippen molar-refractivity contribution in [3.8, 4) is 0 Å². The number of thioether (sulfide) groups is 1. The minimum absolute atomic E-state index is 0.0567. The van der Waals surface area contributed by atoms with Crippen molar-refractivity contribution in [1.29, 1.82) is 0 Å². The summed E-state index contributed by atoms with van der Waals surface area (Å²) in [4.78, 5) is 39.6. The van der Waals surface area contributed by atoms with Gasteiger partial charge in [0.1, 0.15) is 6.04 Å². The van der Waals surface area contributed by atoms with Crippen molar-refractivity contribution in [3.05, 3.63) is 0 Å². The predicted molar refractivity (Wildman–Crippen MR) is 99.8 cm³/mol. The highest BCUT2D eigenvalue weighted by atomic mass is 32.2. The highest BCUT2D eigenvalue weighted by Gasteiger charge is 2.40. The average molecular weight is 384 g/mol. The van der Waals surface area contributed by atoms with Crippen LogP contribution in [0.15, 0.2) is 0 Å². The fourth-order valence-corrected chi connectivity index (χ4v) is 4.89. The Hall–Kier alpha value is -1.28. The fraction of sp³-hybridized carbons (Fsp3) is 0.833. The molecule has 0 aromatic heterocycles. The monoisotopic (exact) mass is 383 g/mol. The molecule has 2 aliphatic carbocycles. The number of carboxylic acid groups (broad SMARTS) is 1. The van der Waals surface area contributed by atoms with Gasteiger partial charge in [0, 0.05) is 30.8 Å². The second kappa shape index (κ2) is 8.61. The highest BCUT2D eigenvalue weighted by Crippen LogP contribution is 2.34. The molecule has 1 heterocycles. The lowest BCUT2D eigenvalue weighted by Crippen LogP contribution is -2.58. The van der Waals surface area contributed by atoms with Gasteiger partial charge in [-0.05, 0) is 38.0 Å². The van der Waals surface area contributed by atoms with Crippen molar-refractivity contribution >= 4 is 29.5 Å². The fourth-order valence-electron chi connectivity index (χ4n) is 3.71. The van der Waals surface area contributed by atoms with Crippen LogP contribution in [0.25, 0.3) is 0 Å². The first-order chi connectivity index (χ1) is 12.5. The molecule has 0 aromatic carbocycles. The van der Waals surface area contributed by atoms with Crippen LogP contribution in [0.3, 0.4) is 0 Å². The molecule has 3 aliphatic rings. The average Bonchev–Trinajstić information content (AvgIpc) is 3.21. The number of carbonyl (C=O) groups excluding carboxylic acids is 2. The van der Waals surface area contributed by atoms with Crippen molar-refractivity contribution < 1.29 is 19.5 Å². The van der Waals surface area contributed by atoms with E-state index in [2.05, 4.69) is 10.2 Å². The van der Waals surface area contributed by atoms with Gasteiger partial charge in [-0.25, -0.2) is 0 Å². The first-order valence-corrected chi connectivity index (χ1v) is 10.8. The van der Waals surface area contributed by atoms with Crippen molar-refractivity contribution in [2.45, 2.75) is 63.6 Å². The maximum absolute atomic E-state index is 12.6. The number of aliphatic carboxylic acids is 1. The molecule has 3 fully saturated rings. The molecule has 2 N–H and O–H groups in total. The van der Waals surface area contributed by atoms with Crippen LogP contribution in [-0.2, 0) is 14.4 Å². The third-order valence-corrected chi connectivity index (χ3v) is 6.49. The first kappa shape index (κ1) is 19.5. The van der Waals surface area contributed by atoms with Gasteiger partial charge in [-0.2, -0.15) is 0 Å². The second-order valence-electron chi connectivity index (χ2n) is 7.73. The van der Waals surface area contributed by atoms with E-state index in [0.29, 0.717) is 24.0 Å². The molecule has 0 radical (unpaired) electrons. The molecule has 26 heavy (non-hydrogen) atoms. The minimum atomic E-state index is -0.786. The predicted octanol–water partition coefficient (Wildman–Crippen LogP) is 1.13. The van der Waals surface area contributed by atoms with Gasteiger partial charge >= 0.3 is 5.97 Å². The Morgan fingerprint density at radius 3 is 2.62 bits per heavy atom. The number of amides is 2. The summed E-state index contributed by atoms with van der Waals surface area (Å²) < 4.78 is 0. The molecule has 1 saturated heterocycles. The molecule has 3 rings (SSSR count). The van der Waals surface area contributed by atoms with Gasteiger partial charge in [0.2, 0.25) is 11.8 Å². The molecular weight excluding hydrogens is 354 g/mol. The summed E-state index contributed by atoms with van der Waals surface area (Å²) >= 11 is 1.62. The van der Waals surface area contributed by atoms with Crippen molar-refractivity contribution in [3.63, 3.8) is 0 Å². The first-order valence-electron chi connectivity index (χ1n) is 9.61. The summed E-state index contributed by atoms with van der Waals surface area (Å²) in [5.74, 6) is 1.11. The molecule has 0 bridgehead atoms. The number of carbonyl (C=O) groups is 3. The Bertz CT molecular complexity index is 549. The maximum atomic E-state index is 12.6. The molecule has 8 heteroatoms. The molecule has 0 spiro atoms. The van der Waals surface area contributed by atoms with Crippen LogP contribution >= 0.6 is 11.8 Å². The smallest absolute Gasteiger partial charge is 0.317 e. The number of carboxylic acids is 1. The Kier molecular flexibility index (Phi) is 6.45. The molecule has 146 valence electrons. The van der Waals surface area contributed by atoms with Crippen LogP contribution in [0, 0.1) is 5.92 Å². The largest absolute Gasteiger partial charge is 0.480 e. The van der Waals surface area contributed by atoms with Gasteiger partial charge in [0.05, 0.1) is 12.4 Å². The number of nitrogens with zero attached hydrogens (tertiary/aromatic N) is 2. The highest BCUT2D eigenvalue weighted by molar-refractivity contribution is 7.99. The lowest BCUT2D eigenvalue weighted by Gasteiger charge is -2.43. The van der Waals surface area contributed by atoms with Crippen molar-refractivity contribution in [2.24, 2.45) is 5.92 Å². The zero-order valence-corrected chi connectivity index (χ0v) is 16.2. The van der Waals surface area contributed by atoms with Crippen LogP contribution in [0.4, 0.5) is 0 Å². The van der Waals surface area contributed by atoms with Crippen LogP contribution in [0.2, 0.25) is 0 Å². The molecule has 7 nitrogen and oxygen atoms in total. The number of hydrogen-bond donors (Lipinski definition) is 2. The molecule has 2 saturated carbocycles.